The van der Waals surface area contributed by atoms with Crippen LogP contribution in [-0.2, 0) is 0 Å². The summed E-state index contributed by atoms with van der Waals surface area (Å²) in [7, 11) is 0. The van der Waals surface area contributed by atoms with E-state index in [4.69, 9.17) is 0 Å². The zero-order valence-electron chi connectivity index (χ0n) is 6.52. The van der Waals surface area contributed by atoms with E-state index >= 15 is 0 Å². The molecule has 0 fully saturated rings. The van der Waals surface area contributed by atoms with E-state index in [2.05, 4.69) is 24.2 Å². The van der Waals surface area contributed by atoms with Crippen LogP contribution in [0.4, 0.5) is 0 Å². The van der Waals surface area contributed by atoms with Crippen molar-refractivity contribution in [3.05, 3.63) is 0 Å². The van der Waals surface area contributed by atoms with Crippen molar-refractivity contribution < 1.29 is 0 Å². The van der Waals surface area contributed by atoms with Gasteiger partial charge in [-0.25, -0.2) is 0 Å². The first-order valence-corrected chi connectivity index (χ1v) is 3.55. The lowest BCUT2D eigenvalue weighted by molar-refractivity contribution is 0.648. The highest BCUT2D eigenvalue weighted by molar-refractivity contribution is 5.54. The van der Waals surface area contributed by atoms with Gasteiger partial charge in [-0.05, 0) is 20.3 Å². The topological polar surface area (TPSA) is 24.4 Å². The van der Waals surface area contributed by atoms with Crippen LogP contribution in [0.1, 0.15) is 27.2 Å². The molecule has 0 aromatic heterocycles. The van der Waals surface area contributed by atoms with Crippen molar-refractivity contribution in [2.45, 2.75) is 33.2 Å². The van der Waals surface area contributed by atoms with E-state index in [1.54, 1.807) is 6.34 Å². The third-order valence-electron chi connectivity index (χ3n) is 1.25. The smallest absolute Gasteiger partial charge is 0.0825 e. The van der Waals surface area contributed by atoms with Gasteiger partial charge in [-0.2, -0.15) is 0 Å². The lowest BCUT2D eigenvalue weighted by Gasteiger charge is -2.05. The van der Waals surface area contributed by atoms with E-state index in [-0.39, 0.29) is 0 Å². The molecular weight excluding hydrogens is 112 g/mol. The molecule has 0 aromatic carbocycles. The number of hydrogen-bond acceptors (Lipinski definition) is 1. The summed E-state index contributed by atoms with van der Waals surface area (Å²) in [5, 5.41) is 3.14. The highest BCUT2D eigenvalue weighted by atomic mass is 15.0. The standard InChI is InChI=1S/C7H16N2/c1-4-7(3)9-6-8-5-2/h6-7H,4-5H2,1-3H3,(H,8,9)/t7-/m0/s1. The van der Waals surface area contributed by atoms with Crippen LogP contribution in [0.25, 0.3) is 0 Å². The maximum atomic E-state index is 4.02. The van der Waals surface area contributed by atoms with Crippen molar-refractivity contribution in [2.24, 2.45) is 4.99 Å². The number of rotatable bonds is 4. The third kappa shape index (κ3) is 5.34. The second-order valence-electron chi connectivity index (χ2n) is 2.10. The average Bonchev–Trinajstić information content (AvgIpc) is 1.89. The predicted molar refractivity (Wildman–Crippen MR) is 41.9 cm³/mol. The van der Waals surface area contributed by atoms with Crippen molar-refractivity contribution in [1.29, 1.82) is 0 Å². The maximum absolute atomic E-state index is 4.02. The molecule has 9 heavy (non-hydrogen) atoms. The monoisotopic (exact) mass is 128 g/mol. The van der Waals surface area contributed by atoms with E-state index in [9.17, 15) is 0 Å². The minimum Gasteiger partial charge on any atom is -0.374 e. The summed E-state index contributed by atoms with van der Waals surface area (Å²) in [4.78, 5) is 4.02. The maximum Gasteiger partial charge on any atom is 0.0825 e. The van der Waals surface area contributed by atoms with Crippen molar-refractivity contribution in [2.75, 3.05) is 6.54 Å². The fourth-order valence-electron chi connectivity index (χ4n) is 0.389. The molecule has 0 radical (unpaired) electrons. The minimum absolute atomic E-state index is 0.556. The van der Waals surface area contributed by atoms with Gasteiger partial charge in [0.2, 0.25) is 0 Å². The van der Waals surface area contributed by atoms with Crippen molar-refractivity contribution >= 4 is 6.34 Å². The number of aliphatic imine (C=N–C) groups is 1. The van der Waals surface area contributed by atoms with E-state index in [0.717, 1.165) is 13.0 Å². The van der Waals surface area contributed by atoms with Gasteiger partial charge >= 0.3 is 0 Å². The Balaban J connectivity index is 3.15. The van der Waals surface area contributed by atoms with Gasteiger partial charge in [0, 0.05) is 12.6 Å². The average molecular weight is 128 g/mol. The molecule has 0 aliphatic rings. The fraction of sp³-hybridized carbons (Fsp3) is 0.857. The molecular formula is C7H16N2. The molecule has 54 valence electrons. The molecule has 1 atom stereocenters. The number of nitrogens with zero attached hydrogens (tertiary/aromatic N) is 1. The molecule has 0 aromatic rings. The van der Waals surface area contributed by atoms with Gasteiger partial charge in [0.15, 0.2) is 0 Å². The molecule has 0 aliphatic heterocycles. The second kappa shape index (κ2) is 5.60. The summed E-state index contributed by atoms with van der Waals surface area (Å²) in [6, 6.07) is 0.556. The van der Waals surface area contributed by atoms with Crippen LogP contribution in [0.5, 0.6) is 0 Å². The van der Waals surface area contributed by atoms with Crippen molar-refractivity contribution in [3.63, 3.8) is 0 Å². The quantitative estimate of drug-likeness (QED) is 0.449. The van der Waals surface area contributed by atoms with Gasteiger partial charge in [0.25, 0.3) is 0 Å². The summed E-state index contributed by atoms with van der Waals surface area (Å²) >= 11 is 0. The first kappa shape index (κ1) is 8.47. The lowest BCUT2D eigenvalue weighted by atomic mass is 10.3. The van der Waals surface area contributed by atoms with Gasteiger partial charge in [0.05, 0.1) is 6.34 Å². The molecule has 0 aliphatic carbocycles. The van der Waals surface area contributed by atoms with Gasteiger partial charge in [0.1, 0.15) is 0 Å². The Bertz CT molecular complexity index is 79.0. The Morgan fingerprint density at radius 1 is 1.56 bits per heavy atom. The largest absolute Gasteiger partial charge is 0.374 e. The molecule has 2 heteroatoms. The van der Waals surface area contributed by atoms with Crippen molar-refractivity contribution in [1.82, 2.24) is 5.32 Å². The van der Waals surface area contributed by atoms with Crippen LogP contribution < -0.4 is 5.32 Å². The Kier molecular flexibility index (Phi) is 5.27. The summed E-state index contributed by atoms with van der Waals surface area (Å²) in [5.74, 6) is 0. The lowest BCUT2D eigenvalue weighted by Crippen LogP contribution is -2.23. The first-order valence-electron chi connectivity index (χ1n) is 3.55. The third-order valence-corrected chi connectivity index (χ3v) is 1.25. The first-order chi connectivity index (χ1) is 4.31. The van der Waals surface area contributed by atoms with Crippen LogP contribution in [0.2, 0.25) is 0 Å². The normalized spacial score (nSPS) is 14.1. The molecule has 0 amide bonds. The molecule has 0 unspecified atom stereocenters. The van der Waals surface area contributed by atoms with E-state index < -0.39 is 0 Å². The second-order valence-corrected chi connectivity index (χ2v) is 2.10. The van der Waals surface area contributed by atoms with E-state index in [1.807, 2.05) is 6.92 Å². The molecule has 0 saturated heterocycles. The fourth-order valence-corrected chi connectivity index (χ4v) is 0.389. The summed E-state index contributed by atoms with van der Waals surface area (Å²) in [6.07, 6.45) is 2.93. The zero-order chi connectivity index (χ0) is 7.11. The molecule has 0 heterocycles. The Labute approximate surface area is 57.4 Å². The van der Waals surface area contributed by atoms with E-state index in [0.29, 0.717) is 6.04 Å². The number of hydrogen-bond donors (Lipinski definition) is 1. The molecule has 1 N–H and O–H groups in total. The Morgan fingerprint density at radius 3 is 2.67 bits per heavy atom. The molecule has 0 rings (SSSR count). The van der Waals surface area contributed by atoms with Crippen LogP contribution in [-0.4, -0.2) is 18.9 Å². The Morgan fingerprint density at radius 2 is 2.22 bits per heavy atom. The Hall–Kier alpha value is -0.530. The van der Waals surface area contributed by atoms with Gasteiger partial charge < -0.3 is 5.32 Å². The van der Waals surface area contributed by atoms with Gasteiger partial charge in [-0.3, -0.25) is 4.99 Å². The molecule has 0 spiro atoms. The zero-order valence-corrected chi connectivity index (χ0v) is 6.52. The molecule has 2 nitrogen and oxygen atoms in total. The minimum atomic E-state index is 0.556. The van der Waals surface area contributed by atoms with Crippen LogP contribution in [0.3, 0.4) is 0 Å². The van der Waals surface area contributed by atoms with Crippen LogP contribution >= 0.6 is 0 Å². The number of nitrogens with one attached hydrogen (secondary N) is 1. The van der Waals surface area contributed by atoms with Crippen LogP contribution in [0.15, 0.2) is 4.99 Å². The summed E-state index contributed by atoms with van der Waals surface area (Å²) in [5.41, 5.74) is 0. The molecule has 0 bridgehead atoms. The van der Waals surface area contributed by atoms with Crippen LogP contribution in [0, 0.1) is 0 Å². The van der Waals surface area contributed by atoms with E-state index in [1.165, 1.54) is 0 Å². The van der Waals surface area contributed by atoms with Gasteiger partial charge in [-0.15, -0.1) is 0 Å². The summed E-state index contributed by atoms with van der Waals surface area (Å²) < 4.78 is 0. The SMILES string of the molecule is CCN=CN[C@@H](C)CC. The van der Waals surface area contributed by atoms with Crippen molar-refractivity contribution in [3.8, 4) is 0 Å². The highest BCUT2D eigenvalue weighted by Crippen LogP contribution is 1.83. The summed E-state index contributed by atoms with van der Waals surface area (Å²) in [6.45, 7) is 7.18. The highest BCUT2D eigenvalue weighted by Gasteiger charge is 1.89. The predicted octanol–water partition coefficient (Wildman–Crippen LogP) is 1.42. The van der Waals surface area contributed by atoms with Gasteiger partial charge in [-0.1, -0.05) is 6.92 Å². The molecule has 0 saturated carbocycles.